The molecule has 7 heteroatoms. The molecule has 1 saturated heterocycles. The highest BCUT2D eigenvalue weighted by atomic mass is 19.1. The maximum absolute atomic E-state index is 13.4. The third kappa shape index (κ3) is 2.17. The smallest absolute Gasteiger partial charge is 0.257 e. The molecule has 2 heterocycles. The van der Waals surface area contributed by atoms with Crippen molar-refractivity contribution in [3.8, 4) is 0 Å². The second-order valence-electron chi connectivity index (χ2n) is 4.12. The minimum absolute atomic E-state index is 0.0335. The fraction of sp³-hybridized carbons (Fsp3) is 0.364. The van der Waals surface area contributed by atoms with Crippen LogP contribution >= 0.6 is 0 Å². The number of nitrogens with two attached hydrogens (primary N) is 1. The van der Waals surface area contributed by atoms with Gasteiger partial charge in [0.05, 0.1) is 17.9 Å². The van der Waals surface area contributed by atoms with Gasteiger partial charge < -0.3 is 15.7 Å². The number of carbonyl (C=O) groups excluding carboxylic acids is 2. The summed E-state index contributed by atoms with van der Waals surface area (Å²) in [7, 11) is 0. The molecular weight excluding hydrogens is 241 g/mol. The van der Waals surface area contributed by atoms with Crippen LogP contribution in [0, 0.1) is 5.82 Å². The zero-order valence-corrected chi connectivity index (χ0v) is 9.41. The van der Waals surface area contributed by atoms with Crippen LogP contribution in [0.4, 0.5) is 4.39 Å². The number of hydrogen-bond acceptors (Lipinski definition) is 4. The monoisotopic (exact) mass is 253 g/mol. The fourth-order valence-corrected chi connectivity index (χ4v) is 2.01. The van der Waals surface area contributed by atoms with Crippen LogP contribution < -0.4 is 5.73 Å². The van der Waals surface area contributed by atoms with Crippen molar-refractivity contribution in [2.24, 2.45) is 5.73 Å². The lowest BCUT2D eigenvalue weighted by Crippen LogP contribution is -2.44. The Morgan fingerprint density at radius 1 is 1.56 bits per heavy atom. The normalized spacial score (nSPS) is 23.1. The molecule has 0 radical (unpaired) electrons. The predicted molar refractivity (Wildman–Crippen MR) is 58.8 cm³/mol. The van der Waals surface area contributed by atoms with Gasteiger partial charge in [-0.1, -0.05) is 0 Å². The number of amides is 2. The van der Waals surface area contributed by atoms with Gasteiger partial charge in [-0.25, -0.2) is 4.39 Å². The van der Waals surface area contributed by atoms with E-state index in [4.69, 9.17) is 5.73 Å². The lowest BCUT2D eigenvalue weighted by molar-refractivity contribution is -0.121. The third-order valence-corrected chi connectivity index (χ3v) is 2.87. The number of hydrogen-bond donors (Lipinski definition) is 2. The Morgan fingerprint density at radius 3 is 2.89 bits per heavy atom. The summed E-state index contributed by atoms with van der Waals surface area (Å²) in [6, 6.07) is 0.320. The molecule has 1 aliphatic heterocycles. The number of halogens is 1. The van der Waals surface area contributed by atoms with Crippen LogP contribution in [0.1, 0.15) is 16.8 Å². The minimum Gasteiger partial charge on any atom is -0.391 e. The van der Waals surface area contributed by atoms with Gasteiger partial charge in [-0.05, 0) is 6.07 Å². The molecule has 0 aliphatic carbocycles. The summed E-state index contributed by atoms with van der Waals surface area (Å²) in [6.45, 7) is -0.0335. The highest BCUT2D eigenvalue weighted by Gasteiger charge is 2.38. The molecular formula is C11H12FN3O3. The molecule has 0 spiro atoms. The van der Waals surface area contributed by atoms with Crippen LogP contribution in [-0.4, -0.2) is 45.5 Å². The maximum atomic E-state index is 13.4. The van der Waals surface area contributed by atoms with Crippen molar-refractivity contribution in [2.45, 2.75) is 18.6 Å². The van der Waals surface area contributed by atoms with Gasteiger partial charge in [-0.3, -0.25) is 14.6 Å². The maximum Gasteiger partial charge on any atom is 0.257 e. The van der Waals surface area contributed by atoms with Gasteiger partial charge in [-0.2, -0.15) is 0 Å². The molecule has 1 aliphatic rings. The summed E-state index contributed by atoms with van der Waals surface area (Å²) < 4.78 is 13.4. The van der Waals surface area contributed by atoms with Crippen LogP contribution in [0.15, 0.2) is 18.5 Å². The summed E-state index contributed by atoms with van der Waals surface area (Å²) in [6.07, 6.45) is 1.45. The molecule has 1 fully saturated rings. The van der Waals surface area contributed by atoms with E-state index in [-0.39, 0.29) is 18.5 Å². The number of rotatable bonds is 2. The van der Waals surface area contributed by atoms with Crippen molar-refractivity contribution in [2.75, 3.05) is 6.54 Å². The highest BCUT2D eigenvalue weighted by molar-refractivity contribution is 5.97. The topological polar surface area (TPSA) is 96.5 Å². The van der Waals surface area contributed by atoms with Gasteiger partial charge in [0.25, 0.3) is 5.91 Å². The van der Waals surface area contributed by atoms with E-state index in [0.717, 1.165) is 11.1 Å². The molecule has 0 aromatic carbocycles. The third-order valence-electron chi connectivity index (χ3n) is 2.87. The number of β-amino-alcohol motifs (C(OH)–C–C–N with tert-alkyl or cyclic N) is 1. The van der Waals surface area contributed by atoms with Crippen molar-refractivity contribution in [3.05, 3.63) is 29.8 Å². The zero-order chi connectivity index (χ0) is 13.3. The number of nitrogens with zero attached hydrogens (tertiary/aromatic N) is 2. The van der Waals surface area contributed by atoms with Crippen LogP contribution in [-0.2, 0) is 4.79 Å². The number of primary amides is 1. The Labute approximate surface area is 102 Å². The van der Waals surface area contributed by atoms with Crippen molar-refractivity contribution in [1.29, 1.82) is 0 Å². The molecule has 96 valence electrons. The first kappa shape index (κ1) is 12.4. The number of pyridine rings is 1. The van der Waals surface area contributed by atoms with E-state index >= 15 is 0 Å². The number of aliphatic hydroxyl groups is 1. The van der Waals surface area contributed by atoms with E-state index in [1.54, 1.807) is 0 Å². The molecule has 2 rings (SSSR count). The van der Waals surface area contributed by atoms with Crippen molar-refractivity contribution < 1.29 is 19.1 Å². The quantitative estimate of drug-likeness (QED) is 0.727. The Bertz CT molecular complexity index is 494. The van der Waals surface area contributed by atoms with Gasteiger partial charge in [0.2, 0.25) is 5.91 Å². The van der Waals surface area contributed by atoms with Gasteiger partial charge in [-0.15, -0.1) is 0 Å². The molecule has 2 unspecified atom stereocenters. The van der Waals surface area contributed by atoms with Crippen LogP contribution in [0.3, 0.4) is 0 Å². The zero-order valence-electron chi connectivity index (χ0n) is 9.41. The van der Waals surface area contributed by atoms with Gasteiger partial charge in [0, 0.05) is 19.2 Å². The summed E-state index contributed by atoms with van der Waals surface area (Å²) in [5, 5.41) is 9.48. The van der Waals surface area contributed by atoms with Crippen molar-refractivity contribution >= 4 is 11.8 Å². The molecule has 1 aromatic rings. The van der Waals surface area contributed by atoms with E-state index in [1.807, 2.05) is 0 Å². The Hall–Kier alpha value is -2.02. The Morgan fingerprint density at radius 2 is 2.28 bits per heavy atom. The van der Waals surface area contributed by atoms with Gasteiger partial charge >= 0.3 is 0 Å². The molecule has 3 N–H and O–H groups in total. The van der Waals surface area contributed by atoms with Crippen molar-refractivity contribution in [1.82, 2.24) is 9.88 Å². The summed E-state index contributed by atoms with van der Waals surface area (Å²) in [5.41, 5.74) is 4.96. The number of carbonyl (C=O) groups is 2. The lowest BCUT2D eigenvalue weighted by atomic mass is 10.1. The minimum atomic E-state index is -0.903. The van der Waals surface area contributed by atoms with Crippen LogP contribution in [0.2, 0.25) is 0 Å². The van der Waals surface area contributed by atoms with E-state index in [2.05, 4.69) is 4.98 Å². The van der Waals surface area contributed by atoms with Gasteiger partial charge in [0.1, 0.15) is 6.04 Å². The standard InChI is InChI=1S/C11H12FN3O3/c12-8-4-14-2-1-7(8)11(18)15-5-6(16)3-9(15)10(13)17/h1-2,4,6,9,16H,3,5H2,(H2,13,17). The summed E-state index contributed by atoms with van der Waals surface area (Å²) in [4.78, 5) is 27.9. The summed E-state index contributed by atoms with van der Waals surface area (Å²) >= 11 is 0. The largest absolute Gasteiger partial charge is 0.391 e. The Balaban J connectivity index is 2.28. The van der Waals surface area contributed by atoms with Crippen LogP contribution in [0.5, 0.6) is 0 Å². The average Bonchev–Trinajstić information content (AvgIpc) is 2.71. The first-order valence-electron chi connectivity index (χ1n) is 5.38. The van der Waals surface area contributed by atoms with E-state index in [9.17, 15) is 19.1 Å². The molecule has 2 atom stereocenters. The predicted octanol–water partition coefficient (Wildman–Crippen LogP) is -0.719. The molecule has 0 bridgehead atoms. The van der Waals surface area contributed by atoms with E-state index in [1.165, 1.54) is 12.3 Å². The summed E-state index contributed by atoms with van der Waals surface area (Å²) in [5.74, 6) is -2.16. The molecule has 2 amide bonds. The average molecular weight is 253 g/mol. The SMILES string of the molecule is NC(=O)C1CC(O)CN1C(=O)c1ccncc1F. The number of aliphatic hydroxyl groups excluding tert-OH is 1. The Kier molecular flexibility index (Phi) is 3.24. The number of likely N-dealkylation sites (tertiary alicyclic amines) is 1. The molecule has 6 nitrogen and oxygen atoms in total. The highest BCUT2D eigenvalue weighted by Crippen LogP contribution is 2.21. The molecule has 18 heavy (non-hydrogen) atoms. The van der Waals surface area contributed by atoms with Gasteiger partial charge in [0.15, 0.2) is 5.82 Å². The molecule has 0 saturated carbocycles. The fourth-order valence-electron chi connectivity index (χ4n) is 2.01. The first-order valence-corrected chi connectivity index (χ1v) is 5.38. The first-order chi connectivity index (χ1) is 8.50. The molecule has 1 aromatic heterocycles. The second-order valence-corrected chi connectivity index (χ2v) is 4.12. The second kappa shape index (κ2) is 4.69. The van der Waals surface area contributed by atoms with E-state index < -0.39 is 29.8 Å². The van der Waals surface area contributed by atoms with Crippen LogP contribution in [0.25, 0.3) is 0 Å². The van der Waals surface area contributed by atoms with Crippen molar-refractivity contribution in [3.63, 3.8) is 0 Å². The number of aromatic nitrogens is 1. The van der Waals surface area contributed by atoms with E-state index in [0.29, 0.717) is 0 Å². The lowest BCUT2D eigenvalue weighted by Gasteiger charge is -2.21.